The number of nitrogens with zero attached hydrogens (tertiary/aromatic N) is 1. The number of rotatable bonds is 7. The van der Waals surface area contributed by atoms with Crippen LogP contribution in [-0.2, 0) is 16.0 Å². The van der Waals surface area contributed by atoms with Crippen LogP contribution >= 0.6 is 0 Å². The molecule has 1 aliphatic rings. The van der Waals surface area contributed by atoms with E-state index in [0.29, 0.717) is 5.56 Å². The highest BCUT2D eigenvalue weighted by Crippen LogP contribution is 2.48. The van der Waals surface area contributed by atoms with Crippen molar-refractivity contribution in [2.45, 2.75) is 44.8 Å². The highest BCUT2D eigenvalue weighted by Gasteiger charge is 2.55. The van der Waals surface area contributed by atoms with Crippen molar-refractivity contribution in [1.82, 2.24) is 4.90 Å². The first-order chi connectivity index (χ1) is 14.3. The molecule has 1 fully saturated rings. The highest BCUT2D eigenvalue weighted by molar-refractivity contribution is 5.94. The van der Waals surface area contributed by atoms with Gasteiger partial charge in [0.15, 0.2) is 0 Å². The minimum absolute atomic E-state index is 0.0657. The van der Waals surface area contributed by atoms with Crippen molar-refractivity contribution in [3.63, 3.8) is 0 Å². The lowest BCUT2D eigenvalue weighted by Crippen LogP contribution is -2.44. The van der Waals surface area contributed by atoms with Gasteiger partial charge in [-0.05, 0) is 30.4 Å². The Kier molecular flexibility index (Phi) is 6.48. The van der Waals surface area contributed by atoms with Gasteiger partial charge < -0.3 is 4.74 Å². The molecule has 160 valence electrons. The maximum absolute atomic E-state index is 14.2. The average Bonchev–Trinajstić information content (AvgIpc) is 3.13. The van der Waals surface area contributed by atoms with Gasteiger partial charge in [0.1, 0.15) is 12.6 Å². The topological polar surface area (TPSA) is 46.6 Å². The number of ether oxygens (including phenoxy) is 1. The summed E-state index contributed by atoms with van der Waals surface area (Å²) in [5.74, 6) is -0.862. The first kappa shape index (κ1) is 21.9. The third kappa shape index (κ3) is 4.50. The van der Waals surface area contributed by atoms with Crippen LogP contribution in [0.1, 0.15) is 43.4 Å². The lowest BCUT2D eigenvalue weighted by molar-refractivity contribution is -0.231. The SMILES string of the molecule is CC[C@](CCc1ccccc1)(CC(=O)N1C(=O)OC[C@@H]1c1ccccc1)C(F)(F)F. The maximum atomic E-state index is 14.2. The number of carbonyl (C=O) groups is 2. The predicted octanol–water partition coefficient (Wildman–Crippen LogP) is 5.69. The zero-order chi connectivity index (χ0) is 21.8. The summed E-state index contributed by atoms with van der Waals surface area (Å²) in [5, 5.41) is 0. The van der Waals surface area contributed by atoms with Gasteiger partial charge in [-0.15, -0.1) is 0 Å². The zero-order valence-corrected chi connectivity index (χ0v) is 16.7. The van der Waals surface area contributed by atoms with E-state index in [0.717, 1.165) is 10.5 Å². The number of cyclic esters (lactones) is 1. The minimum atomic E-state index is -4.59. The summed E-state index contributed by atoms with van der Waals surface area (Å²) in [5.41, 5.74) is -0.797. The summed E-state index contributed by atoms with van der Waals surface area (Å²) in [6, 6.07) is 16.9. The summed E-state index contributed by atoms with van der Waals surface area (Å²) in [6.07, 6.45) is -6.58. The van der Waals surface area contributed by atoms with Crippen LogP contribution in [0, 0.1) is 5.41 Å². The van der Waals surface area contributed by atoms with Crippen molar-refractivity contribution in [1.29, 1.82) is 0 Å². The lowest BCUT2D eigenvalue weighted by atomic mass is 9.75. The molecule has 0 aromatic heterocycles. The molecular weight excluding hydrogens is 395 g/mol. The summed E-state index contributed by atoms with van der Waals surface area (Å²) in [6.45, 7) is 1.37. The van der Waals surface area contributed by atoms with Crippen molar-refractivity contribution in [2.24, 2.45) is 5.41 Å². The molecule has 0 bridgehead atoms. The van der Waals surface area contributed by atoms with E-state index < -0.39 is 36.1 Å². The first-order valence-corrected chi connectivity index (χ1v) is 9.92. The van der Waals surface area contributed by atoms with Gasteiger partial charge in [0.25, 0.3) is 0 Å². The maximum Gasteiger partial charge on any atom is 0.417 e. The molecule has 0 saturated carbocycles. The molecule has 0 aliphatic carbocycles. The van der Waals surface area contributed by atoms with Gasteiger partial charge in [-0.3, -0.25) is 4.79 Å². The van der Waals surface area contributed by atoms with Gasteiger partial charge in [-0.25, -0.2) is 9.69 Å². The molecule has 0 N–H and O–H groups in total. The van der Waals surface area contributed by atoms with Crippen LogP contribution < -0.4 is 0 Å². The van der Waals surface area contributed by atoms with E-state index in [4.69, 9.17) is 4.74 Å². The molecule has 0 spiro atoms. The van der Waals surface area contributed by atoms with Crippen molar-refractivity contribution >= 4 is 12.0 Å². The second-order valence-corrected chi connectivity index (χ2v) is 7.56. The Labute approximate surface area is 173 Å². The third-order valence-corrected chi connectivity index (χ3v) is 5.83. The van der Waals surface area contributed by atoms with Gasteiger partial charge in [0, 0.05) is 6.42 Å². The highest BCUT2D eigenvalue weighted by atomic mass is 19.4. The van der Waals surface area contributed by atoms with Crippen LogP contribution in [0.2, 0.25) is 0 Å². The number of alkyl halides is 3. The van der Waals surface area contributed by atoms with E-state index >= 15 is 0 Å². The van der Waals surface area contributed by atoms with E-state index in [-0.39, 0.29) is 25.9 Å². The molecule has 2 aromatic rings. The number of amides is 2. The molecule has 2 atom stereocenters. The Morgan fingerprint density at radius 1 is 1.07 bits per heavy atom. The van der Waals surface area contributed by atoms with Gasteiger partial charge in [0.05, 0.1) is 5.41 Å². The minimum Gasteiger partial charge on any atom is -0.446 e. The van der Waals surface area contributed by atoms with Crippen LogP contribution in [0.5, 0.6) is 0 Å². The number of hydrogen-bond donors (Lipinski definition) is 0. The molecule has 3 rings (SSSR count). The van der Waals surface area contributed by atoms with Crippen molar-refractivity contribution in [3.8, 4) is 0 Å². The molecule has 1 aliphatic heterocycles. The Morgan fingerprint density at radius 3 is 2.23 bits per heavy atom. The number of benzene rings is 2. The Bertz CT molecular complexity index is 870. The van der Waals surface area contributed by atoms with E-state index in [1.165, 1.54) is 6.92 Å². The number of halogens is 3. The third-order valence-electron chi connectivity index (χ3n) is 5.83. The predicted molar refractivity (Wildman–Crippen MR) is 106 cm³/mol. The monoisotopic (exact) mass is 419 g/mol. The van der Waals surface area contributed by atoms with Crippen molar-refractivity contribution in [3.05, 3.63) is 71.8 Å². The molecule has 1 saturated heterocycles. The Balaban J connectivity index is 1.84. The second-order valence-electron chi connectivity index (χ2n) is 7.56. The second kappa shape index (κ2) is 8.90. The standard InChI is InChI=1S/C23H24F3NO3/c1-2-22(23(24,25)26,14-13-17-9-5-3-6-10-17)15-20(28)27-19(16-30-21(27)29)18-11-7-4-8-12-18/h3-12,19H,2,13-16H2,1H3/t19-,22+/m1/s1. The fraction of sp³-hybridized carbons (Fsp3) is 0.391. The Hall–Kier alpha value is -2.83. The molecule has 2 aromatic carbocycles. The summed E-state index contributed by atoms with van der Waals surface area (Å²) in [7, 11) is 0. The van der Waals surface area contributed by atoms with Crippen LogP contribution in [0.4, 0.5) is 18.0 Å². The molecule has 7 heteroatoms. The summed E-state index contributed by atoms with van der Waals surface area (Å²) in [4.78, 5) is 26.0. The quantitative estimate of drug-likeness (QED) is 0.579. The van der Waals surface area contributed by atoms with Crippen LogP contribution in [0.3, 0.4) is 0 Å². The summed E-state index contributed by atoms with van der Waals surface area (Å²) >= 11 is 0. The Morgan fingerprint density at radius 2 is 1.67 bits per heavy atom. The molecule has 0 radical (unpaired) electrons. The van der Waals surface area contributed by atoms with Crippen LogP contribution in [0.25, 0.3) is 0 Å². The zero-order valence-electron chi connectivity index (χ0n) is 16.7. The average molecular weight is 419 g/mol. The number of aryl methyl sites for hydroxylation is 1. The fourth-order valence-corrected chi connectivity index (χ4v) is 3.85. The van der Waals surface area contributed by atoms with Gasteiger partial charge in [0.2, 0.25) is 5.91 Å². The van der Waals surface area contributed by atoms with Gasteiger partial charge in [-0.1, -0.05) is 67.6 Å². The molecule has 0 unspecified atom stereocenters. The van der Waals surface area contributed by atoms with Crippen LogP contribution in [0.15, 0.2) is 60.7 Å². The number of hydrogen-bond acceptors (Lipinski definition) is 3. The van der Waals surface area contributed by atoms with E-state index in [1.807, 2.05) is 0 Å². The number of imide groups is 1. The van der Waals surface area contributed by atoms with Crippen LogP contribution in [-0.4, -0.2) is 29.7 Å². The lowest BCUT2D eigenvalue weighted by Gasteiger charge is -2.36. The van der Waals surface area contributed by atoms with E-state index in [9.17, 15) is 22.8 Å². The first-order valence-electron chi connectivity index (χ1n) is 9.92. The molecule has 4 nitrogen and oxygen atoms in total. The fourth-order valence-electron chi connectivity index (χ4n) is 3.85. The molecular formula is C23H24F3NO3. The van der Waals surface area contributed by atoms with E-state index in [1.54, 1.807) is 60.7 Å². The van der Waals surface area contributed by atoms with Gasteiger partial charge in [-0.2, -0.15) is 13.2 Å². The largest absolute Gasteiger partial charge is 0.446 e. The van der Waals surface area contributed by atoms with Crippen molar-refractivity contribution < 1.29 is 27.5 Å². The van der Waals surface area contributed by atoms with Gasteiger partial charge >= 0.3 is 12.3 Å². The molecule has 30 heavy (non-hydrogen) atoms. The smallest absolute Gasteiger partial charge is 0.417 e. The molecule has 2 amide bonds. The van der Waals surface area contributed by atoms with Crippen molar-refractivity contribution in [2.75, 3.05) is 6.61 Å². The molecule has 1 heterocycles. The number of carbonyl (C=O) groups excluding carboxylic acids is 2. The summed E-state index contributed by atoms with van der Waals surface area (Å²) < 4.78 is 47.5. The normalized spacial score (nSPS) is 18.7. The van der Waals surface area contributed by atoms with E-state index in [2.05, 4.69) is 0 Å².